The maximum atomic E-state index is 7.20. The molecule has 0 spiro atoms. The van der Waals surface area contributed by atoms with E-state index in [4.69, 9.17) is 9.83 Å². The topological polar surface area (TPSA) is 54.3 Å². The van der Waals surface area contributed by atoms with Gasteiger partial charge in [0.1, 0.15) is 6.26 Å². The van der Waals surface area contributed by atoms with Crippen molar-refractivity contribution in [2.24, 2.45) is 0 Å². The first-order valence-corrected chi connectivity index (χ1v) is 2.83. The molecule has 2 rings (SSSR count). The van der Waals surface area contributed by atoms with Crippen molar-refractivity contribution in [1.82, 2.24) is 9.38 Å². The predicted molar refractivity (Wildman–Crippen MR) is 33.3 cm³/mol. The van der Waals surface area contributed by atoms with Crippen LogP contribution in [0.15, 0.2) is 29.1 Å². The van der Waals surface area contributed by atoms with Crippen LogP contribution in [0.5, 0.6) is 0 Å². The molecule has 0 radical (unpaired) electrons. The Hall–Kier alpha value is -1.58. The van der Waals surface area contributed by atoms with Crippen molar-refractivity contribution in [1.29, 1.82) is 5.41 Å². The van der Waals surface area contributed by atoms with E-state index in [0.717, 1.165) is 0 Å². The molecule has 0 atom stereocenters. The number of rotatable bonds is 0. The zero-order chi connectivity index (χ0) is 6.97. The number of nitrogens with zero attached hydrogens (tertiary/aromatic N) is 2. The van der Waals surface area contributed by atoms with Crippen LogP contribution in [0.3, 0.4) is 0 Å². The van der Waals surface area contributed by atoms with Gasteiger partial charge in [0.2, 0.25) is 0 Å². The van der Waals surface area contributed by atoms with E-state index in [1.807, 2.05) is 0 Å². The SMILES string of the molecule is N=c1occ2ncccn12. The highest BCUT2D eigenvalue weighted by atomic mass is 16.3. The second-order valence-corrected chi connectivity index (χ2v) is 1.89. The van der Waals surface area contributed by atoms with Crippen LogP contribution in [0, 0.1) is 5.41 Å². The van der Waals surface area contributed by atoms with Crippen LogP contribution in [0.2, 0.25) is 0 Å². The van der Waals surface area contributed by atoms with Gasteiger partial charge in [0, 0.05) is 12.4 Å². The average Bonchev–Trinajstić information content (AvgIpc) is 2.34. The molecule has 0 bridgehead atoms. The summed E-state index contributed by atoms with van der Waals surface area (Å²) in [7, 11) is 0. The van der Waals surface area contributed by atoms with E-state index in [2.05, 4.69) is 4.98 Å². The zero-order valence-electron chi connectivity index (χ0n) is 5.11. The summed E-state index contributed by atoms with van der Waals surface area (Å²) in [4.78, 5) is 3.95. The molecule has 4 nitrogen and oxygen atoms in total. The summed E-state index contributed by atoms with van der Waals surface area (Å²) in [5, 5.41) is 7.20. The van der Waals surface area contributed by atoms with Crippen LogP contribution in [-0.4, -0.2) is 9.38 Å². The van der Waals surface area contributed by atoms with E-state index in [-0.39, 0.29) is 5.68 Å². The van der Waals surface area contributed by atoms with Crippen LogP contribution >= 0.6 is 0 Å². The largest absolute Gasteiger partial charge is 0.430 e. The normalized spacial score (nSPS) is 10.4. The minimum atomic E-state index is 0.100. The molecular weight excluding hydrogens is 130 g/mol. The van der Waals surface area contributed by atoms with Crippen LogP contribution in [0.4, 0.5) is 0 Å². The second-order valence-electron chi connectivity index (χ2n) is 1.89. The number of aromatic nitrogens is 2. The monoisotopic (exact) mass is 135 g/mol. The summed E-state index contributed by atoms with van der Waals surface area (Å²) >= 11 is 0. The first-order chi connectivity index (χ1) is 4.88. The molecule has 0 aliphatic carbocycles. The smallest absolute Gasteiger partial charge is 0.299 e. The highest BCUT2D eigenvalue weighted by Crippen LogP contribution is 1.91. The van der Waals surface area contributed by atoms with Gasteiger partial charge in [0.05, 0.1) is 0 Å². The first-order valence-electron chi connectivity index (χ1n) is 2.83. The van der Waals surface area contributed by atoms with Crippen molar-refractivity contribution in [3.63, 3.8) is 0 Å². The summed E-state index contributed by atoms with van der Waals surface area (Å²) in [6, 6.07) is 1.75. The molecule has 2 aromatic rings. The van der Waals surface area contributed by atoms with E-state index >= 15 is 0 Å². The molecule has 1 N–H and O–H groups in total. The van der Waals surface area contributed by atoms with Gasteiger partial charge >= 0.3 is 0 Å². The molecule has 2 aromatic heterocycles. The molecule has 0 aliphatic heterocycles. The molecular formula is C6H5N3O. The molecule has 0 aromatic carbocycles. The van der Waals surface area contributed by atoms with Crippen molar-refractivity contribution < 1.29 is 4.42 Å². The highest BCUT2D eigenvalue weighted by molar-refractivity contribution is 5.31. The Morgan fingerprint density at radius 3 is 3.30 bits per heavy atom. The Morgan fingerprint density at radius 2 is 2.50 bits per heavy atom. The Kier molecular flexibility index (Phi) is 0.887. The first kappa shape index (κ1) is 5.22. The molecule has 4 heteroatoms. The number of oxazole rings is 1. The predicted octanol–water partition coefficient (Wildman–Crippen LogP) is 0.407. The Morgan fingerprint density at radius 1 is 1.60 bits per heavy atom. The van der Waals surface area contributed by atoms with Gasteiger partial charge < -0.3 is 4.42 Å². The van der Waals surface area contributed by atoms with Crippen LogP contribution < -0.4 is 5.68 Å². The molecule has 0 saturated carbocycles. The Bertz CT molecular complexity index is 400. The third-order valence-corrected chi connectivity index (χ3v) is 1.27. The van der Waals surface area contributed by atoms with Crippen LogP contribution in [0.1, 0.15) is 0 Å². The zero-order valence-corrected chi connectivity index (χ0v) is 5.11. The van der Waals surface area contributed by atoms with Gasteiger partial charge in [-0.2, -0.15) is 0 Å². The standard InChI is InChI=1S/C6H5N3O/c7-6-9-3-1-2-8-5(9)4-10-6/h1-4,7H. The molecule has 50 valence electrons. The minimum absolute atomic E-state index is 0.100. The fourth-order valence-corrected chi connectivity index (χ4v) is 0.807. The lowest BCUT2D eigenvalue weighted by Crippen LogP contribution is -2.04. The van der Waals surface area contributed by atoms with Crippen molar-refractivity contribution in [3.05, 3.63) is 30.4 Å². The molecule has 0 fully saturated rings. The Labute approximate surface area is 56.3 Å². The van der Waals surface area contributed by atoms with E-state index in [1.165, 1.54) is 6.26 Å². The lowest BCUT2D eigenvalue weighted by Gasteiger charge is -1.85. The molecule has 0 amide bonds. The molecule has 10 heavy (non-hydrogen) atoms. The maximum absolute atomic E-state index is 7.20. The van der Waals surface area contributed by atoms with Gasteiger partial charge in [0.15, 0.2) is 5.65 Å². The summed E-state index contributed by atoms with van der Waals surface area (Å²) in [6.07, 6.45) is 4.83. The van der Waals surface area contributed by atoms with Gasteiger partial charge in [0.25, 0.3) is 5.68 Å². The molecule has 0 unspecified atom stereocenters. The van der Waals surface area contributed by atoms with Crippen LogP contribution in [0.25, 0.3) is 5.65 Å². The van der Waals surface area contributed by atoms with Gasteiger partial charge in [-0.25, -0.2) is 4.98 Å². The fourth-order valence-electron chi connectivity index (χ4n) is 0.807. The maximum Gasteiger partial charge on any atom is 0.299 e. The van der Waals surface area contributed by atoms with Gasteiger partial charge in [-0.05, 0) is 6.07 Å². The van der Waals surface area contributed by atoms with E-state index in [1.54, 1.807) is 22.9 Å². The number of hydrogen-bond donors (Lipinski definition) is 1. The number of hydrogen-bond acceptors (Lipinski definition) is 3. The van der Waals surface area contributed by atoms with E-state index in [0.29, 0.717) is 5.65 Å². The molecule has 0 saturated heterocycles. The number of fused-ring (bicyclic) bond motifs is 1. The van der Waals surface area contributed by atoms with Gasteiger partial charge in [-0.15, -0.1) is 0 Å². The average molecular weight is 135 g/mol. The third-order valence-electron chi connectivity index (χ3n) is 1.27. The summed E-state index contributed by atoms with van der Waals surface area (Å²) in [5.74, 6) is 0. The Balaban J connectivity index is 3.07. The fraction of sp³-hybridized carbons (Fsp3) is 0. The molecule has 2 heterocycles. The summed E-state index contributed by atoms with van der Waals surface area (Å²) < 4.78 is 6.34. The van der Waals surface area contributed by atoms with Crippen molar-refractivity contribution in [2.45, 2.75) is 0 Å². The lowest BCUT2D eigenvalue weighted by atomic mass is 10.6. The van der Waals surface area contributed by atoms with Crippen molar-refractivity contribution in [3.8, 4) is 0 Å². The third kappa shape index (κ3) is 0.556. The summed E-state index contributed by atoms with van der Waals surface area (Å²) in [5.41, 5.74) is 0.760. The van der Waals surface area contributed by atoms with Gasteiger partial charge in [-0.1, -0.05) is 0 Å². The van der Waals surface area contributed by atoms with E-state index in [9.17, 15) is 0 Å². The highest BCUT2D eigenvalue weighted by Gasteiger charge is 1.93. The second kappa shape index (κ2) is 1.70. The minimum Gasteiger partial charge on any atom is -0.430 e. The van der Waals surface area contributed by atoms with Crippen LogP contribution in [-0.2, 0) is 0 Å². The van der Waals surface area contributed by atoms with E-state index < -0.39 is 0 Å². The number of nitrogens with one attached hydrogen (secondary N) is 1. The quantitative estimate of drug-likeness (QED) is 0.568. The summed E-state index contributed by atoms with van der Waals surface area (Å²) in [6.45, 7) is 0. The van der Waals surface area contributed by atoms with Crippen molar-refractivity contribution in [2.75, 3.05) is 0 Å². The lowest BCUT2D eigenvalue weighted by molar-refractivity contribution is 0.480. The van der Waals surface area contributed by atoms with Crippen molar-refractivity contribution >= 4 is 5.65 Å². The molecule has 0 aliphatic rings. The van der Waals surface area contributed by atoms with Gasteiger partial charge in [-0.3, -0.25) is 9.81 Å².